The van der Waals surface area contributed by atoms with Crippen LogP contribution in [0, 0.1) is 5.92 Å². The van der Waals surface area contributed by atoms with Gasteiger partial charge in [-0.2, -0.15) is 0 Å². The van der Waals surface area contributed by atoms with Crippen LogP contribution in [0.1, 0.15) is 25.7 Å². The first-order valence-electron chi connectivity index (χ1n) is 9.44. The second-order valence-electron chi connectivity index (χ2n) is 7.15. The zero-order valence-corrected chi connectivity index (χ0v) is 18.4. The average molecular weight is 473 g/mol. The minimum absolute atomic E-state index is 0. The van der Waals surface area contributed by atoms with Crippen molar-refractivity contribution in [1.29, 1.82) is 0 Å². The van der Waals surface area contributed by atoms with Gasteiger partial charge in [-0.05, 0) is 35.3 Å². The van der Waals surface area contributed by atoms with Crippen molar-refractivity contribution in [2.45, 2.75) is 25.7 Å². The molecule has 1 aliphatic carbocycles. The molecule has 0 unspecified atom stereocenters. The summed E-state index contributed by atoms with van der Waals surface area (Å²) in [5.41, 5.74) is 0. The summed E-state index contributed by atoms with van der Waals surface area (Å²) in [6, 6.07) is 33.9. The quantitative estimate of drug-likeness (QED) is 0.325. The number of rotatable bonds is 5. The molecule has 0 saturated heterocycles. The normalized spacial score (nSPS) is 14.8. The maximum absolute atomic E-state index is 2.36. The van der Waals surface area contributed by atoms with Gasteiger partial charge in [0, 0.05) is 0 Å². The fraction of sp³-hybridized carbons (Fsp3) is 0.250. The molecule has 3 aromatic rings. The minimum Gasteiger partial charge on any atom is -0.107 e. The molecule has 0 amide bonds. The number of hydrogen-bond acceptors (Lipinski definition) is 0. The molecular weight excluding hydrogens is 446 g/mol. The Morgan fingerprint density at radius 3 is 1.27 bits per heavy atom. The van der Waals surface area contributed by atoms with Crippen LogP contribution in [-0.4, -0.2) is 6.16 Å². The SMILES string of the molecule is I.c1ccc([P](CC2CCCC2)(c2ccccc2)c2ccccc2)cc1. The van der Waals surface area contributed by atoms with E-state index in [0.29, 0.717) is 0 Å². The summed E-state index contributed by atoms with van der Waals surface area (Å²) in [5.74, 6) is 0.856. The Kier molecular flexibility index (Phi) is 6.89. The van der Waals surface area contributed by atoms with Crippen LogP contribution in [0.3, 0.4) is 0 Å². The molecule has 1 aliphatic rings. The van der Waals surface area contributed by atoms with Crippen molar-refractivity contribution in [3.05, 3.63) is 91.0 Å². The standard InChI is InChI=1S/C24H26P.HI/c1-4-14-22(15-5-1)25(20-21-12-10-11-13-21,23-16-6-2-7-17-23)24-18-8-3-9-19-24;/h1-9,14-19,21H,10-13,20H2;1H. The zero-order valence-electron chi connectivity index (χ0n) is 15.1. The van der Waals surface area contributed by atoms with Crippen LogP contribution >= 0.6 is 31.2 Å². The van der Waals surface area contributed by atoms with Crippen molar-refractivity contribution < 1.29 is 0 Å². The molecule has 0 N–H and O–H groups in total. The van der Waals surface area contributed by atoms with Crippen molar-refractivity contribution in [1.82, 2.24) is 0 Å². The molecule has 1 saturated carbocycles. The second-order valence-corrected chi connectivity index (χ2v) is 10.7. The molecular formula is C24H27IP. The maximum Gasteiger partial charge on any atom is -0.0196 e. The van der Waals surface area contributed by atoms with Gasteiger partial charge in [0.2, 0.25) is 0 Å². The van der Waals surface area contributed by atoms with Crippen LogP contribution in [0.25, 0.3) is 0 Å². The summed E-state index contributed by atoms with van der Waals surface area (Å²) in [6.07, 6.45) is 6.92. The highest BCUT2D eigenvalue weighted by Crippen LogP contribution is 2.58. The molecule has 0 spiro atoms. The van der Waals surface area contributed by atoms with Gasteiger partial charge >= 0.3 is 0 Å². The lowest BCUT2D eigenvalue weighted by Crippen LogP contribution is -2.35. The molecule has 4 rings (SSSR count). The Morgan fingerprint density at radius 2 is 0.923 bits per heavy atom. The Morgan fingerprint density at radius 1 is 0.577 bits per heavy atom. The van der Waals surface area contributed by atoms with Crippen molar-refractivity contribution in [2.24, 2.45) is 5.92 Å². The van der Waals surface area contributed by atoms with E-state index in [0.717, 1.165) is 5.92 Å². The summed E-state index contributed by atoms with van der Waals surface area (Å²) in [5, 5.41) is 4.58. The third-order valence-electron chi connectivity index (χ3n) is 5.60. The predicted molar refractivity (Wildman–Crippen MR) is 127 cm³/mol. The van der Waals surface area contributed by atoms with E-state index in [1.807, 2.05) is 0 Å². The second kappa shape index (κ2) is 9.15. The molecule has 135 valence electrons. The molecule has 0 bridgehead atoms. The topological polar surface area (TPSA) is 0 Å². The molecule has 26 heavy (non-hydrogen) atoms. The lowest BCUT2D eigenvalue weighted by Gasteiger charge is -2.40. The predicted octanol–water partition coefficient (Wildman–Crippen LogP) is 5.79. The van der Waals surface area contributed by atoms with Gasteiger partial charge in [-0.15, -0.1) is 24.0 Å². The third-order valence-corrected chi connectivity index (χ3v) is 10.2. The van der Waals surface area contributed by atoms with E-state index in [1.165, 1.54) is 47.8 Å². The average Bonchev–Trinajstić information content (AvgIpc) is 3.21. The monoisotopic (exact) mass is 473 g/mol. The van der Waals surface area contributed by atoms with E-state index in [2.05, 4.69) is 91.0 Å². The summed E-state index contributed by atoms with van der Waals surface area (Å²) in [4.78, 5) is 0. The van der Waals surface area contributed by atoms with Crippen LogP contribution in [0.15, 0.2) is 91.0 Å². The van der Waals surface area contributed by atoms with Gasteiger partial charge in [-0.1, -0.05) is 117 Å². The third kappa shape index (κ3) is 3.89. The summed E-state index contributed by atoms with van der Waals surface area (Å²) >= 11 is 0. The van der Waals surface area contributed by atoms with E-state index in [4.69, 9.17) is 0 Å². The molecule has 0 atom stereocenters. The number of hydrogen-bond donors (Lipinski definition) is 0. The first-order valence-corrected chi connectivity index (χ1v) is 11.4. The van der Waals surface area contributed by atoms with E-state index >= 15 is 0 Å². The smallest absolute Gasteiger partial charge is 0.0196 e. The number of halogens is 1. The molecule has 3 aromatic carbocycles. The van der Waals surface area contributed by atoms with Gasteiger partial charge in [-0.3, -0.25) is 0 Å². The van der Waals surface area contributed by atoms with Crippen molar-refractivity contribution in [3.8, 4) is 0 Å². The fourth-order valence-corrected chi connectivity index (χ4v) is 9.10. The van der Waals surface area contributed by atoms with Gasteiger partial charge < -0.3 is 0 Å². The fourth-order valence-electron chi connectivity index (χ4n) is 4.39. The van der Waals surface area contributed by atoms with Crippen LogP contribution in [0.2, 0.25) is 0 Å². The first kappa shape index (κ1) is 19.6. The van der Waals surface area contributed by atoms with Gasteiger partial charge in [0.25, 0.3) is 0 Å². The van der Waals surface area contributed by atoms with E-state index in [1.54, 1.807) is 0 Å². The lowest BCUT2D eigenvalue weighted by molar-refractivity contribution is 0.619. The molecule has 2 heteroatoms. The molecule has 0 aromatic heterocycles. The van der Waals surface area contributed by atoms with Gasteiger partial charge in [0.05, 0.1) is 0 Å². The lowest BCUT2D eigenvalue weighted by atomic mass is 10.1. The molecule has 1 fully saturated rings. The largest absolute Gasteiger partial charge is 0.107 e. The number of benzene rings is 3. The highest BCUT2D eigenvalue weighted by Gasteiger charge is 2.36. The van der Waals surface area contributed by atoms with Crippen LogP contribution in [-0.2, 0) is 0 Å². The first-order chi connectivity index (χ1) is 12.4. The molecule has 0 heterocycles. The van der Waals surface area contributed by atoms with Crippen LogP contribution < -0.4 is 15.9 Å². The summed E-state index contributed by atoms with van der Waals surface area (Å²) < 4.78 is 0. The molecule has 1 radical (unpaired) electrons. The van der Waals surface area contributed by atoms with E-state index in [9.17, 15) is 0 Å². The van der Waals surface area contributed by atoms with Crippen LogP contribution in [0.5, 0.6) is 0 Å². The Bertz CT molecular complexity index is 684. The van der Waals surface area contributed by atoms with Gasteiger partial charge in [0.15, 0.2) is 0 Å². The summed E-state index contributed by atoms with van der Waals surface area (Å²) in [7, 11) is -1.60. The zero-order chi connectivity index (χ0) is 17.0. The van der Waals surface area contributed by atoms with E-state index in [-0.39, 0.29) is 24.0 Å². The van der Waals surface area contributed by atoms with Crippen molar-refractivity contribution in [2.75, 3.05) is 6.16 Å². The van der Waals surface area contributed by atoms with Crippen molar-refractivity contribution in [3.63, 3.8) is 0 Å². The summed E-state index contributed by atoms with van der Waals surface area (Å²) in [6.45, 7) is 0. The molecule has 0 nitrogen and oxygen atoms in total. The minimum atomic E-state index is -1.60. The Balaban J connectivity index is 0.00000196. The van der Waals surface area contributed by atoms with Crippen LogP contribution in [0.4, 0.5) is 0 Å². The molecule has 0 aliphatic heterocycles. The van der Waals surface area contributed by atoms with Gasteiger partial charge in [0.1, 0.15) is 0 Å². The van der Waals surface area contributed by atoms with Crippen molar-refractivity contribution >= 4 is 47.2 Å². The van der Waals surface area contributed by atoms with Gasteiger partial charge in [-0.25, -0.2) is 0 Å². The Labute approximate surface area is 175 Å². The Hall–Kier alpha value is -1.18. The highest BCUT2D eigenvalue weighted by molar-refractivity contribution is 14.0. The maximum atomic E-state index is 2.36. The highest BCUT2D eigenvalue weighted by atomic mass is 127. The van der Waals surface area contributed by atoms with E-state index < -0.39 is 7.26 Å².